The van der Waals surface area contributed by atoms with E-state index in [9.17, 15) is 22.7 Å². The van der Waals surface area contributed by atoms with Crippen molar-refractivity contribution >= 4 is 15.8 Å². The predicted molar refractivity (Wildman–Crippen MR) is 84.6 cm³/mol. The molecular weight excluding hydrogens is 351 g/mol. The SMILES string of the molecule is O=C(O)c1nn(C2CCOCC2)c2c1CS(=O)(=O)c1c(F)cccc1-2. The van der Waals surface area contributed by atoms with Crippen LogP contribution in [0.2, 0.25) is 0 Å². The molecule has 2 aromatic rings. The van der Waals surface area contributed by atoms with Crippen LogP contribution in [0.25, 0.3) is 11.3 Å². The number of aromatic nitrogens is 2. The summed E-state index contributed by atoms with van der Waals surface area (Å²) in [6.07, 6.45) is 1.26. The van der Waals surface area contributed by atoms with Gasteiger partial charge in [-0.25, -0.2) is 17.6 Å². The lowest BCUT2D eigenvalue weighted by Gasteiger charge is -2.26. The van der Waals surface area contributed by atoms with Crippen molar-refractivity contribution in [1.82, 2.24) is 9.78 Å². The zero-order chi connectivity index (χ0) is 17.8. The van der Waals surface area contributed by atoms with Gasteiger partial charge in [-0.1, -0.05) is 12.1 Å². The Morgan fingerprint density at radius 1 is 1.32 bits per heavy atom. The summed E-state index contributed by atoms with van der Waals surface area (Å²) in [5, 5.41) is 13.6. The molecule has 2 aliphatic heterocycles. The van der Waals surface area contributed by atoms with E-state index in [0.717, 1.165) is 6.07 Å². The molecule has 1 saturated heterocycles. The van der Waals surface area contributed by atoms with Gasteiger partial charge < -0.3 is 9.84 Å². The molecule has 0 radical (unpaired) electrons. The highest BCUT2D eigenvalue weighted by Gasteiger charge is 2.38. The van der Waals surface area contributed by atoms with Crippen molar-refractivity contribution in [3.8, 4) is 11.3 Å². The summed E-state index contributed by atoms with van der Waals surface area (Å²) in [4.78, 5) is 11.2. The molecule has 1 aromatic heterocycles. The maximum Gasteiger partial charge on any atom is 0.356 e. The van der Waals surface area contributed by atoms with Crippen molar-refractivity contribution in [2.45, 2.75) is 29.5 Å². The molecule has 2 aliphatic rings. The van der Waals surface area contributed by atoms with Crippen LogP contribution in [0.1, 0.15) is 34.9 Å². The van der Waals surface area contributed by atoms with Gasteiger partial charge in [-0.15, -0.1) is 0 Å². The lowest BCUT2D eigenvalue weighted by Crippen LogP contribution is -2.23. The molecule has 0 aliphatic carbocycles. The first kappa shape index (κ1) is 16.2. The first-order valence-corrected chi connectivity index (χ1v) is 9.49. The van der Waals surface area contributed by atoms with Gasteiger partial charge in [-0.3, -0.25) is 4.68 Å². The number of hydrogen-bond donors (Lipinski definition) is 1. The summed E-state index contributed by atoms with van der Waals surface area (Å²) in [6.45, 7) is 1.02. The Kier molecular flexibility index (Phi) is 3.66. The number of carboxylic acids is 1. The molecular formula is C16H15FN2O5S. The summed E-state index contributed by atoms with van der Waals surface area (Å²) in [5.41, 5.74) is 0.387. The standard InChI is InChI=1S/C16H15FN2O5S/c17-12-3-1-2-10-14-11(8-25(22,23)15(10)12)13(16(20)21)18-19(14)9-4-6-24-7-5-9/h1-3,9H,4-8H2,(H,20,21). The molecule has 9 heteroatoms. The summed E-state index contributed by atoms with van der Waals surface area (Å²) in [7, 11) is -3.98. The first-order valence-electron chi connectivity index (χ1n) is 7.84. The fourth-order valence-electron chi connectivity index (χ4n) is 3.53. The zero-order valence-corrected chi connectivity index (χ0v) is 13.9. The third-order valence-electron chi connectivity index (χ3n) is 4.62. The van der Waals surface area contributed by atoms with Gasteiger partial charge in [0.15, 0.2) is 15.5 Å². The van der Waals surface area contributed by atoms with E-state index in [1.165, 1.54) is 12.1 Å². The number of ether oxygens (including phenoxy) is 1. The number of hydrogen-bond acceptors (Lipinski definition) is 5. The van der Waals surface area contributed by atoms with Crippen LogP contribution in [0.3, 0.4) is 0 Å². The van der Waals surface area contributed by atoms with Gasteiger partial charge >= 0.3 is 5.97 Å². The summed E-state index contributed by atoms with van der Waals surface area (Å²) >= 11 is 0. The van der Waals surface area contributed by atoms with E-state index in [4.69, 9.17) is 4.74 Å². The van der Waals surface area contributed by atoms with Crippen LogP contribution >= 0.6 is 0 Å². The van der Waals surface area contributed by atoms with E-state index in [1.807, 2.05) is 0 Å². The summed E-state index contributed by atoms with van der Waals surface area (Å²) in [6, 6.07) is 3.89. The lowest BCUT2D eigenvalue weighted by atomic mass is 10.0. The number of nitrogens with zero attached hydrogens (tertiary/aromatic N) is 2. The van der Waals surface area contributed by atoms with E-state index in [2.05, 4.69) is 5.10 Å². The lowest BCUT2D eigenvalue weighted by molar-refractivity contribution is 0.0648. The average Bonchev–Trinajstić information content (AvgIpc) is 2.94. The highest BCUT2D eigenvalue weighted by molar-refractivity contribution is 7.91. The van der Waals surface area contributed by atoms with E-state index < -0.39 is 27.4 Å². The maximum absolute atomic E-state index is 14.3. The Hall–Kier alpha value is -2.26. The number of fused-ring (bicyclic) bond motifs is 3. The molecule has 0 unspecified atom stereocenters. The largest absolute Gasteiger partial charge is 0.476 e. The van der Waals surface area contributed by atoms with Gasteiger partial charge in [0.1, 0.15) is 10.7 Å². The second-order valence-corrected chi connectivity index (χ2v) is 8.07. The van der Waals surface area contributed by atoms with Crippen molar-refractivity contribution in [2.75, 3.05) is 13.2 Å². The van der Waals surface area contributed by atoms with Gasteiger partial charge in [0.2, 0.25) is 0 Å². The second-order valence-electron chi connectivity index (χ2n) is 6.14. The second kappa shape index (κ2) is 5.63. The minimum absolute atomic E-state index is 0.118. The van der Waals surface area contributed by atoms with Gasteiger partial charge in [0.25, 0.3) is 0 Å². The fraction of sp³-hybridized carbons (Fsp3) is 0.375. The van der Waals surface area contributed by atoms with Crippen LogP contribution in [0.15, 0.2) is 23.1 Å². The quantitative estimate of drug-likeness (QED) is 0.873. The van der Waals surface area contributed by atoms with Crippen molar-refractivity contribution in [3.05, 3.63) is 35.3 Å². The van der Waals surface area contributed by atoms with Crippen LogP contribution in [0.4, 0.5) is 4.39 Å². The molecule has 0 amide bonds. The van der Waals surface area contributed by atoms with Crippen LogP contribution in [-0.4, -0.2) is 42.5 Å². The molecule has 0 saturated carbocycles. The normalized spacial score (nSPS) is 19.2. The third-order valence-corrected chi connectivity index (χ3v) is 6.32. The zero-order valence-electron chi connectivity index (χ0n) is 13.1. The van der Waals surface area contributed by atoms with Crippen LogP contribution in [-0.2, 0) is 20.3 Å². The minimum atomic E-state index is -3.98. The number of carboxylic acid groups (broad SMARTS) is 1. The van der Waals surface area contributed by atoms with Gasteiger partial charge in [-0.05, 0) is 18.9 Å². The van der Waals surface area contributed by atoms with Gasteiger partial charge in [0, 0.05) is 24.3 Å². The van der Waals surface area contributed by atoms with Crippen LogP contribution in [0.5, 0.6) is 0 Å². The monoisotopic (exact) mass is 366 g/mol. The molecule has 1 aromatic carbocycles. The molecule has 132 valence electrons. The van der Waals surface area contributed by atoms with Crippen molar-refractivity contribution in [2.24, 2.45) is 0 Å². The molecule has 3 heterocycles. The summed E-state index contributed by atoms with van der Waals surface area (Å²) in [5.74, 6) is -2.70. The number of carbonyl (C=O) groups is 1. The molecule has 25 heavy (non-hydrogen) atoms. The predicted octanol–water partition coefficient (Wildman–Crippen LogP) is 2.03. The Bertz CT molecular complexity index is 977. The highest BCUT2D eigenvalue weighted by Crippen LogP contribution is 2.42. The highest BCUT2D eigenvalue weighted by atomic mass is 32.2. The molecule has 0 atom stereocenters. The van der Waals surface area contributed by atoms with E-state index in [-0.39, 0.29) is 27.8 Å². The molecule has 0 spiro atoms. The number of halogens is 1. The number of aromatic carboxylic acids is 1. The molecule has 1 N–H and O–H groups in total. The topological polar surface area (TPSA) is 98.5 Å². The smallest absolute Gasteiger partial charge is 0.356 e. The number of sulfone groups is 1. The Morgan fingerprint density at radius 2 is 2.04 bits per heavy atom. The number of rotatable bonds is 2. The molecule has 1 fully saturated rings. The average molecular weight is 366 g/mol. The van der Waals surface area contributed by atoms with E-state index in [1.54, 1.807) is 4.68 Å². The van der Waals surface area contributed by atoms with E-state index >= 15 is 0 Å². The molecule has 4 rings (SSSR count). The Balaban J connectivity index is 2.02. The number of benzene rings is 1. The van der Waals surface area contributed by atoms with Crippen LogP contribution in [0, 0.1) is 5.82 Å². The Labute approximate surface area is 142 Å². The van der Waals surface area contributed by atoms with Gasteiger partial charge in [0.05, 0.1) is 17.5 Å². The molecule has 7 nitrogen and oxygen atoms in total. The minimum Gasteiger partial charge on any atom is -0.476 e. The first-order chi connectivity index (χ1) is 11.9. The molecule has 0 bridgehead atoms. The maximum atomic E-state index is 14.3. The van der Waals surface area contributed by atoms with Crippen molar-refractivity contribution < 1.29 is 27.4 Å². The van der Waals surface area contributed by atoms with E-state index in [0.29, 0.717) is 31.7 Å². The fourth-order valence-corrected chi connectivity index (χ4v) is 5.19. The Morgan fingerprint density at radius 3 is 2.72 bits per heavy atom. The third kappa shape index (κ3) is 2.46. The van der Waals surface area contributed by atoms with Crippen molar-refractivity contribution in [1.29, 1.82) is 0 Å². The summed E-state index contributed by atoms with van der Waals surface area (Å²) < 4.78 is 46.2. The van der Waals surface area contributed by atoms with Crippen LogP contribution < -0.4 is 0 Å². The van der Waals surface area contributed by atoms with Gasteiger partial charge in [-0.2, -0.15) is 5.10 Å². The van der Waals surface area contributed by atoms with Crippen molar-refractivity contribution in [3.63, 3.8) is 0 Å².